The Morgan fingerprint density at radius 3 is 2.83 bits per heavy atom. The highest BCUT2D eigenvalue weighted by Gasteiger charge is 2.05. The van der Waals surface area contributed by atoms with E-state index in [1.807, 2.05) is 0 Å². The Bertz CT molecular complexity index is 491. The van der Waals surface area contributed by atoms with Crippen molar-refractivity contribution >= 4 is 33.6 Å². The second-order valence-corrected chi connectivity index (χ2v) is 4.05. The van der Waals surface area contributed by atoms with Crippen LogP contribution in [0.4, 0.5) is 14.9 Å². The van der Waals surface area contributed by atoms with Gasteiger partial charge in [0.2, 0.25) is 0 Å². The lowest BCUT2D eigenvalue weighted by molar-refractivity contribution is -0.131. The summed E-state index contributed by atoms with van der Waals surface area (Å²) in [5.41, 5.74) is 0.287. The Morgan fingerprint density at radius 1 is 1.44 bits per heavy atom. The molecule has 0 aliphatic heterocycles. The van der Waals surface area contributed by atoms with Gasteiger partial charge in [-0.3, -0.25) is 0 Å². The predicted molar refractivity (Wildman–Crippen MR) is 67.9 cm³/mol. The van der Waals surface area contributed by atoms with Crippen molar-refractivity contribution in [1.29, 1.82) is 0 Å². The number of urea groups is 1. The molecule has 5 nitrogen and oxygen atoms in total. The van der Waals surface area contributed by atoms with E-state index in [1.54, 1.807) is 0 Å². The summed E-state index contributed by atoms with van der Waals surface area (Å²) in [4.78, 5) is 21.5. The van der Waals surface area contributed by atoms with E-state index >= 15 is 0 Å². The second-order valence-electron chi connectivity index (χ2n) is 3.20. The van der Waals surface area contributed by atoms with Crippen LogP contribution in [0.25, 0.3) is 0 Å². The van der Waals surface area contributed by atoms with Crippen LogP contribution < -0.4 is 10.6 Å². The van der Waals surface area contributed by atoms with Gasteiger partial charge in [-0.15, -0.1) is 0 Å². The fourth-order valence-corrected chi connectivity index (χ4v) is 1.42. The molecule has 1 aromatic carbocycles. The van der Waals surface area contributed by atoms with Gasteiger partial charge in [-0.2, -0.15) is 0 Å². The minimum absolute atomic E-state index is 0.0606. The summed E-state index contributed by atoms with van der Waals surface area (Å²) in [6.07, 6.45) is 2.20. The number of hydrogen-bond acceptors (Lipinski definition) is 2. The Labute approximate surface area is 111 Å². The second kappa shape index (κ2) is 6.75. The van der Waals surface area contributed by atoms with Crippen LogP contribution in [0.3, 0.4) is 0 Å². The molecular weight excluding hydrogens is 307 g/mol. The normalized spacial score (nSPS) is 10.3. The molecule has 1 rings (SSSR count). The lowest BCUT2D eigenvalue weighted by Gasteiger charge is -2.07. The topological polar surface area (TPSA) is 78.4 Å². The number of rotatable bonds is 4. The molecule has 0 aliphatic carbocycles. The Hall–Kier alpha value is -1.89. The first-order valence-electron chi connectivity index (χ1n) is 4.88. The van der Waals surface area contributed by atoms with E-state index in [-0.39, 0.29) is 12.2 Å². The molecule has 0 fully saturated rings. The van der Waals surface area contributed by atoms with Gasteiger partial charge in [-0.25, -0.2) is 14.0 Å². The molecule has 18 heavy (non-hydrogen) atoms. The van der Waals surface area contributed by atoms with Crippen LogP contribution >= 0.6 is 15.9 Å². The van der Waals surface area contributed by atoms with Crippen LogP contribution in [0, 0.1) is 5.82 Å². The summed E-state index contributed by atoms with van der Waals surface area (Å²) in [6.45, 7) is 0.0606. The van der Waals surface area contributed by atoms with E-state index in [0.29, 0.717) is 4.47 Å². The summed E-state index contributed by atoms with van der Waals surface area (Å²) in [5.74, 6) is -1.57. The highest BCUT2D eigenvalue weighted by molar-refractivity contribution is 9.10. The number of carboxylic acids is 1. The summed E-state index contributed by atoms with van der Waals surface area (Å²) in [7, 11) is 0. The number of benzene rings is 1. The fourth-order valence-electron chi connectivity index (χ4n) is 1.07. The van der Waals surface area contributed by atoms with Crippen molar-refractivity contribution in [2.75, 3.05) is 11.9 Å². The van der Waals surface area contributed by atoms with Crippen molar-refractivity contribution in [2.45, 2.75) is 0 Å². The zero-order valence-electron chi connectivity index (χ0n) is 9.11. The molecule has 7 heteroatoms. The number of halogens is 2. The van der Waals surface area contributed by atoms with Gasteiger partial charge in [0.1, 0.15) is 5.82 Å². The average molecular weight is 317 g/mol. The highest BCUT2D eigenvalue weighted by atomic mass is 79.9. The van der Waals surface area contributed by atoms with Crippen LogP contribution in [0.2, 0.25) is 0 Å². The fraction of sp³-hybridized carbons (Fsp3) is 0.0909. The SMILES string of the molecule is O=C(O)/C=C/CNC(=O)Nc1cc(F)ccc1Br. The number of carbonyl (C=O) groups is 2. The Kier molecular flexibility index (Phi) is 5.31. The van der Waals surface area contributed by atoms with Gasteiger partial charge in [0.25, 0.3) is 0 Å². The predicted octanol–water partition coefficient (Wildman–Crippen LogP) is 2.35. The van der Waals surface area contributed by atoms with Crippen molar-refractivity contribution < 1.29 is 19.1 Å². The van der Waals surface area contributed by atoms with E-state index in [9.17, 15) is 14.0 Å². The first-order valence-corrected chi connectivity index (χ1v) is 5.67. The highest BCUT2D eigenvalue weighted by Crippen LogP contribution is 2.22. The number of aliphatic carboxylic acids is 1. The quantitative estimate of drug-likeness (QED) is 0.746. The molecular formula is C11H10BrFN2O3. The lowest BCUT2D eigenvalue weighted by Crippen LogP contribution is -2.29. The number of amides is 2. The number of carboxylic acid groups (broad SMARTS) is 1. The molecule has 96 valence electrons. The van der Waals surface area contributed by atoms with E-state index in [4.69, 9.17) is 5.11 Å². The Balaban J connectivity index is 2.49. The molecule has 0 radical (unpaired) electrons. The summed E-state index contributed by atoms with van der Waals surface area (Å²) in [5, 5.41) is 13.1. The lowest BCUT2D eigenvalue weighted by atomic mass is 10.3. The first-order chi connectivity index (χ1) is 8.49. The monoisotopic (exact) mass is 316 g/mol. The van der Waals surface area contributed by atoms with E-state index in [2.05, 4.69) is 26.6 Å². The van der Waals surface area contributed by atoms with Crippen LogP contribution in [-0.4, -0.2) is 23.7 Å². The molecule has 0 aliphatic rings. The molecule has 0 spiro atoms. The molecule has 0 saturated carbocycles. The number of nitrogens with one attached hydrogen (secondary N) is 2. The zero-order chi connectivity index (χ0) is 13.5. The van der Waals surface area contributed by atoms with Crippen LogP contribution in [0.1, 0.15) is 0 Å². The van der Waals surface area contributed by atoms with Crippen molar-refractivity contribution in [1.82, 2.24) is 5.32 Å². The van der Waals surface area contributed by atoms with Crippen molar-refractivity contribution in [3.8, 4) is 0 Å². The maximum atomic E-state index is 12.9. The van der Waals surface area contributed by atoms with Crippen LogP contribution in [0.15, 0.2) is 34.8 Å². The summed E-state index contributed by atoms with van der Waals surface area (Å²) in [6, 6.07) is 3.32. The number of hydrogen-bond donors (Lipinski definition) is 3. The van der Waals surface area contributed by atoms with Crippen LogP contribution in [-0.2, 0) is 4.79 Å². The Morgan fingerprint density at radius 2 is 2.17 bits per heavy atom. The molecule has 1 aromatic rings. The van der Waals surface area contributed by atoms with Gasteiger partial charge in [0, 0.05) is 17.1 Å². The van der Waals surface area contributed by atoms with Gasteiger partial charge in [0.15, 0.2) is 0 Å². The first kappa shape index (κ1) is 14.2. The summed E-state index contributed by atoms with van der Waals surface area (Å²) < 4.78 is 13.5. The third-order valence-corrected chi connectivity index (χ3v) is 2.51. The van der Waals surface area contributed by atoms with E-state index in [1.165, 1.54) is 18.2 Å². The van der Waals surface area contributed by atoms with Gasteiger partial charge in [-0.1, -0.05) is 6.08 Å². The van der Waals surface area contributed by atoms with Gasteiger partial charge < -0.3 is 15.7 Å². The molecule has 0 bridgehead atoms. The van der Waals surface area contributed by atoms with Crippen molar-refractivity contribution in [2.24, 2.45) is 0 Å². The standard InChI is InChI=1S/C11H10BrFN2O3/c12-8-4-3-7(13)6-9(8)15-11(18)14-5-1-2-10(16)17/h1-4,6H,5H2,(H,16,17)(H2,14,15,18)/b2-1+. The number of anilines is 1. The van der Waals surface area contributed by atoms with Crippen LogP contribution in [0.5, 0.6) is 0 Å². The van der Waals surface area contributed by atoms with Crippen molar-refractivity contribution in [3.63, 3.8) is 0 Å². The molecule has 3 N–H and O–H groups in total. The molecule has 0 aromatic heterocycles. The third-order valence-electron chi connectivity index (χ3n) is 1.82. The minimum atomic E-state index is -1.09. The maximum absolute atomic E-state index is 12.9. The minimum Gasteiger partial charge on any atom is -0.478 e. The van der Waals surface area contributed by atoms with Crippen molar-refractivity contribution in [3.05, 3.63) is 40.6 Å². The van der Waals surface area contributed by atoms with Gasteiger partial charge in [0.05, 0.1) is 5.69 Å². The number of carbonyl (C=O) groups excluding carboxylic acids is 1. The zero-order valence-corrected chi connectivity index (χ0v) is 10.7. The van der Waals surface area contributed by atoms with Gasteiger partial charge >= 0.3 is 12.0 Å². The molecule has 0 heterocycles. The largest absolute Gasteiger partial charge is 0.478 e. The molecule has 2 amide bonds. The van der Waals surface area contributed by atoms with E-state index < -0.39 is 17.8 Å². The molecule has 0 atom stereocenters. The third kappa shape index (κ3) is 4.96. The molecule has 0 saturated heterocycles. The smallest absolute Gasteiger partial charge is 0.328 e. The summed E-state index contributed by atoms with van der Waals surface area (Å²) >= 11 is 3.16. The van der Waals surface area contributed by atoms with Gasteiger partial charge in [-0.05, 0) is 34.1 Å². The van der Waals surface area contributed by atoms with E-state index in [0.717, 1.165) is 12.1 Å². The maximum Gasteiger partial charge on any atom is 0.328 e. The average Bonchev–Trinajstić information content (AvgIpc) is 2.29. The molecule has 0 unspecified atom stereocenters.